The first-order valence-electron chi connectivity index (χ1n) is 4.25. The summed E-state index contributed by atoms with van der Waals surface area (Å²) >= 11 is 0. The van der Waals surface area contributed by atoms with Crippen LogP contribution in [0.2, 0.25) is 0 Å². The highest BCUT2D eigenvalue weighted by Gasteiger charge is 2.19. The quantitative estimate of drug-likeness (QED) is 0.496. The van der Waals surface area contributed by atoms with Crippen LogP contribution in [-0.4, -0.2) is 42.3 Å². The molecule has 0 bridgehead atoms. The third kappa shape index (κ3) is 7.55. The number of ether oxygens (including phenoxy) is 2. The van der Waals surface area contributed by atoms with E-state index in [1.54, 1.807) is 6.92 Å². The van der Waals surface area contributed by atoms with Gasteiger partial charge in [0.2, 0.25) is 0 Å². The van der Waals surface area contributed by atoms with Crippen LogP contribution in [-0.2, 0) is 9.47 Å². The van der Waals surface area contributed by atoms with Crippen LogP contribution in [0, 0.1) is 0 Å². The van der Waals surface area contributed by atoms with E-state index in [2.05, 4.69) is 9.47 Å². The summed E-state index contributed by atoms with van der Waals surface area (Å²) in [6.07, 6.45) is 0.840. The average molecular weight is 192 g/mol. The molecule has 13 heavy (non-hydrogen) atoms. The largest absolute Gasteiger partial charge is 0.508 e. The monoisotopic (exact) mass is 192 g/mol. The molecule has 0 aromatic carbocycles. The zero-order valence-electron chi connectivity index (χ0n) is 7.73. The second-order valence-corrected chi connectivity index (χ2v) is 2.64. The fourth-order valence-corrected chi connectivity index (χ4v) is 0.641. The molecule has 0 radical (unpaired) electrons. The Labute approximate surface area is 77.3 Å². The molecule has 5 heteroatoms. The highest BCUT2D eigenvalue weighted by atomic mass is 16.8. The van der Waals surface area contributed by atoms with E-state index in [1.165, 1.54) is 0 Å². The van der Waals surface area contributed by atoms with Crippen molar-refractivity contribution in [2.75, 3.05) is 19.8 Å². The Morgan fingerprint density at radius 3 is 2.08 bits per heavy atom. The molecule has 0 amide bonds. The van der Waals surface area contributed by atoms with Gasteiger partial charge in [-0.25, -0.2) is 4.79 Å². The second kappa shape index (κ2) is 7.82. The third-order valence-corrected chi connectivity index (χ3v) is 1.30. The molecule has 0 aliphatic carbocycles. The van der Waals surface area contributed by atoms with Gasteiger partial charge < -0.3 is 19.7 Å². The van der Waals surface area contributed by atoms with Crippen molar-refractivity contribution in [2.24, 2.45) is 0 Å². The smallest absolute Gasteiger partial charge is 0.430 e. The van der Waals surface area contributed by atoms with E-state index in [-0.39, 0.29) is 19.3 Å². The van der Waals surface area contributed by atoms with E-state index >= 15 is 0 Å². The molecule has 1 unspecified atom stereocenters. The van der Waals surface area contributed by atoms with E-state index in [0.29, 0.717) is 6.61 Å². The van der Waals surface area contributed by atoms with Gasteiger partial charge in [0.25, 0.3) is 0 Å². The molecule has 1 heterocycles. The summed E-state index contributed by atoms with van der Waals surface area (Å²) in [6, 6.07) is 0. The van der Waals surface area contributed by atoms with Crippen molar-refractivity contribution in [3.05, 3.63) is 0 Å². The molecule has 0 aromatic heterocycles. The number of cyclic esters (lactones) is 2. The van der Waals surface area contributed by atoms with Crippen LogP contribution < -0.4 is 0 Å². The number of carbonyl (C=O) groups is 1. The van der Waals surface area contributed by atoms with Crippen molar-refractivity contribution >= 4 is 6.16 Å². The summed E-state index contributed by atoms with van der Waals surface area (Å²) in [5.41, 5.74) is 0. The van der Waals surface area contributed by atoms with Crippen LogP contribution in [0.4, 0.5) is 4.79 Å². The molecule has 1 rings (SSSR count). The van der Waals surface area contributed by atoms with Gasteiger partial charge in [0.05, 0.1) is 0 Å². The summed E-state index contributed by atoms with van der Waals surface area (Å²) in [5.74, 6) is 0. The van der Waals surface area contributed by atoms with Crippen molar-refractivity contribution in [1.29, 1.82) is 0 Å². The summed E-state index contributed by atoms with van der Waals surface area (Å²) in [7, 11) is 0. The van der Waals surface area contributed by atoms with E-state index in [9.17, 15) is 4.79 Å². The number of aliphatic hydroxyl groups is 2. The van der Waals surface area contributed by atoms with Gasteiger partial charge >= 0.3 is 6.16 Å². The minimum atomic E-state index is -0.549. The first-order valence-corrected chi connectivity index (χ1v) is 4.25. The molecule has 1 aliphatic heterocycles. The maximum absolute atomic E-state index is 10.0. The van der Waals surface area contributed by atoms with Gasteiger partial charge in [-0.2, -0.15) is 0 Å². The molecule has 78 valence electrons. The lowest BCUT2D eigenvalue weighted by Gasteiger charge is -1.90. The molecule has 0 saturated carbocycles. The van der Waals surface area contributed by atoms with Gasteiger partial charge in [-0.15, -0.1) is 0 Å². The maximum atomic E-state index is 10.0. The van der Waals surface area contributed by atoms with Gasteiger partial charge in [-0.05, 0) is 19.8 Å². The van der Waals surface area contributed by atoms with Crippen LogP contribution in [0.3, 0.4) is 0 Å². The minimum absolute atomic E-state index is 0.0486. The van der Waals surface area contributed by atoms with Crippen LogP contribution in [0.15, 0.2) is 0 Å². The lowest BCUT2D eigenvalue weighted by molar-refractivity contribution is 0.121. The van der Waals surface area contributed by atoms with Gasteiger partial charge in [-0.1, -0.05) is 0 Å². The summed E-state index contributed by atoms with van der Waals surface area (Å²) in [6.45, 7) is 2.57. The molecule has 2 N–H and O–H groups in total. The molecule has 1 fully saturated rings. The fraction of sp³-hybridized carbons (Fsp3) is 0.875. The first kappa shape index (κ1) is 12.2. The van der Waals surface area contributed by atoms with Gasteiger partial charge in [0, 0.05) is 13.2 Å². The average Bonchev–Trinajstić information content (AvgIpc) is 2.47. The molecule has 1 atom stereocenters. The van der Waals surface area contributed by atoms with E-state index in [1.807, 2.05) is 0 Å². The normalized spacial score (nSPS) is 19.9. The standard InChI is InChI=1S/C4H6O3.C4H10O2/c1-3-2-6-4(5)7-3;5-3-1-2-4-6/h3H,2H2,1H3;5-6H,1-4H2. The molecular weight excluding hydrogens is 176 g/mol. The summed E-state index contributed by atoms with van der Waals surface area (Å²) in [5, 5.41) is 16.2. The Morgan fingerprint density at radius 2 is 1.92 bits per heavy atom. The topological polar surface area (TPSA) is 76.0 Å². The number of rotatable bonds is 3. The van der Waals surface area contributed by atoms with Crippen LogP contribution in [0.5, 0.6) is 0 Å². The van der Waals surface area contributed by atoms with E-state index in [0.717, 1.165) is 12.8 Å². The predicted octanol–water partition coefficient (Wildman–Crippen LogP) is 0.293. The molecular formula is C8H16O5. The number of carbonyl (C=O) groups excluding carboxylic acids is 1. The van der Waals surface area contributed by atoms with Crippen LogP contribution in [0.25, 0.3) is 0 Å². The highest BCUT2D eigenvalue weighted by Crippen LogP contribution is 2.02. The van der Waals surface area contributed by atoms with Gasteiger partial charge in [0.15, 0.2) is 0 Å². The van der Waals surface area contributed by atoms with Crippen molar-refractivity contribution in [3.8, 4) is 0 Å². The van der Waals surface area contributed by atoms with Crippen molar-refractivity contribution < 1.29 is 24.5 Å². The Kier molecular flexibility index (Phi) is 7.33. The third-order valence-electron chi connectivity index (χ3n) is 1.30. The van der Waals surface area contributed by atoms with Crippen molar-refractivity contribution in [3.63, 3.8) is 0 Å². The van der Waals surface area contributed by atoms with Gasteiger partial charge in [-0.3, -0.25) is 0 Å². The lowest BCUT2D eigenvalue weighted by atomic mass is 10.3. The maximum Gasteiger partial charge on any atom is 0.508 e. The Hall–Kier alpha value is -0.810. The molecule has 1 aliphatic rings. The summed E-state index contributed by atoms with van der Waals surface area (Å²) in [4.78, 5) is 10.0. The van der Waals surface area contributed by atoms with Crippen molar-refractivity contribution in [2.45, 2.75) is 25.9 Å². The Morgan fingerprint density at radius 1 is 1.38 bits per heavy atom. The number of unbranched alkanes of at least 4 members (excludes halogenated alkanes) is 1. The predicted molar refractivity (Wildman–Crippen MR) is 45.3 cm³/mol. The lowest BCUT2D eigenvalue weighted by Crippen LogP contribution is -2.01. The number of aliphatic hydroxyl groups excluding tert-OH is 2. The SMILES string of the molecule is CC1COC(=O)O1.OCCCCO. The number of hydrogen-bond acceptors (Lipinski definition) is 5. The Balaban J connectivity index is 0.000000226. The zero-order valence-corrected chi connectivity index (χ0v) is 7.73. The molecule has 1 saturated heterocycles. The molecule has 5 nitrogen and oxygen atoms in total. The van der Waals surface area contributed by atoms with E-state index in [4.69, 9.17) is 10.2 Å². The second-order valence-electron chi connectivity index (χ2n) is 2.64. The summed E-state index contributed by atoms with van der Waals surface area (Å²) < 4.78 is 8.90. The highest BCUT2D eigenvalue weighted by molar-refractivity contribution is 5.61. The zero-order chi connectivity index (χ0) is 10.1. The first-order chi connectivity index (χ1) is 6.20. The molecule has 0 aromatic rings. The van der Waals surface area contributed by atoms with Crippen molar-refractivity contribution in [1.82, 2.24) is 0 Å². The van der Waals surface area contributed by atoms with Gasteiger partial charge in [0.1, 0.15) is 12.7 Å². The fourth-order valence-electron chi connectivity index (χ4n) is 0.641. The number of hydrogen-bond donors (Lipinski definition) is 2. The van der Waals surface area contributed by atoms with E-state index < -0.39 is 6.16 Å². The van der Waals surface area contributed by atoms with Crippen LogP contribution >= 0.6 is 0 Å². The minimum Gasteiger partial charge on any atom is -0.430 e. The molecule has 0 spiro atoms. The Bertz CT molecular complexity index is 132. The van der Waals surface area contributed by atoms with Crippen LogP contribution in [0.1, 0.15) is 19.8 Å².